The molecular formula is C8H14NO. The van der Waals surface area contributed by atoms with Gasteiger partial charge in [-0.25, -0.2) is 0 Å². The molecule has 0 aromatic rings. The van der Waals surface area contributed by atoms with E-state index in [2.05, 4.69) is 6.42 Å². The Morgan fingerprint density at radius 2 is 2.50 bits per heavy atom. The quantitative estimate of drug-likeness (QED) is 0.536. The molecule has 1 aliphatic heterocycles. The first-order chi connectivity index (χ1) is 4.84. The molecule has 1 rings (SSSR count). The molecule has 0 bridgehead atoms. The molecule has 2 heteroatoms. The number of nitrogens with zero attached hydrogens (tertiary/aromatic N) is 1. The molecule has 0 saturated carbocycles. The summed E-state index contributed by atoms with van der Waals surface area (Å²) in [5.74, 6) is 0.288. The fraction of sp³-hybridized carbons (Fsp3) is 0.750. The van der Waals surface area contributed by atoms with Gasteiger partial charge >= 0.3 is 0 Å². The average molecular weight is 140 g/mol. The molecule has 1 fully saturated rings. The summed E-state index contributed by atoms with van der Waals surface area (Å²) >= 11 is 0. The van der Waals surface area contributed by atoms with E-state index in [0.717, 1.165) is 19.5 Å². The fourth-order valence-electron chi connectivity index (χ4n) is 1.22. The van der Waals surface area contributed by atoms with Crippen molar-refractivity contribution in [3.8, 4) is 0 Å². The Labute approximate surface area is 62.2 Å². The van der Waals surface area contributed by atoms with Crippen molar-refractivity contribution < 1.29 is 4.79 Å². The van der Waals surface area contributed by atoms with Crippen LogP contribution < -0.4 is 0 Å². The summed E-state index contributed by atoms with van der Waals surface area (Å²) in [7, 11) is 0. The maximum absolute atomic E-state index is 11.1. The topological polar surface area (TPSA) is 20.3 Å². The minimum Gasteiger partial charge on any atom is -0.342 e. The third kappa shape index (κ3) is 1.72. The zero-order valence-corrected chi connectivity index (χ0v) is 6.47. The average Bonchev–Trinajstić information content (AvgIpc) is 2.05. The first kappa shape index (κ1) is 7.58. The maximum Gasteiger partial charge on any atom is 0.222 e. The van der Waals surface area contributed by atoms with E-state index in [0.29, 0.717) is 6.42 Å². The lowest BCUT2D eigenvalue weighted by atomic mass is 10.1. The molecule has 0 aliphatic carbocycles. The van der Waals surface area contributed by atoms with Gasteiger partial charge in [0.1, 0.15) is 0 Å². The summed E-state index contributed by atoms with van der Waals surface area (Å²) in [5.41, 5.74) is 0. The van der Waals surface area contributed by atoms with E-state index in [-0.39, 0.29) is 5.91 Å². The molecule has 0 N–H and O–H groups in total. The molecule has 0 atom stereocenters. The molecule has 10 heavy (non-hydrogen) atoms. The van der Waals surface area contributed by atoms with Crippen molar-refractivity contribution in [2.24, 2.45) is 0 Å². The first-order valence-electron chi connectivity index (χ1n) is 3.94. The van der Waals surface area contributed by atoms with Gasteiger partial charge in [-0.15, -0.1) is 0 Å². The van der Waals surface area contributed by atoms with Crippen LogP contribution in [0.15, 0.2) is 0 Å². The largest absolute Gasteiger partial charge is 0.342 e. The van der Waals surface area contributed by atoms with Crippen LogP contribution in [0.3, 0.4) is 0 Å². The van der Waals surface area contributed by atoms with E-state index >= 15 is 0 Å². The van der Waals surface area contributed by atoms with Crippen molar-refractivity contribution in [2.75, 3.05) is 13.1 Å². The van der Waals surface area contributed by atoms with Gasteiger partial charge in [-0.2, -0.15) is 0 Å². The monoisotopic (exact) mass is 140 g/mol. The van der Waals surface area contributed by atoms with Crippen LogP contribution in [0.4, 0.5) is 0 Å². The Bertz CT molecular complexity index is 116. The molecule has 0 unspecified atom stereocenters. The second kappa shape index (κ2) is 3.59. The van der Waals surface area contributed by atoms with Crippen molar-refractivity contribution >= 4 is 5.91 Å². The molecule has 1 heterocycles. The number of hydrogen-bond donors (Lipinski definition) is 0. The van der Waals surface area contributed by atoms with E-state index in [1.807, 2.05) is 11.8 Å². The van der Waals surface area contributed by atoms with Crippen LogP contribution in [0.25, 0.3) is 0 Å². The molecule has 1 saturated heterocycles. The normalized spacial score (nSPS) is 19.1. The molecule has 0 aromatic heterocycles. The highest BCUT2D eigenvalue weighted by atomic mass is 16.2. The highest BCUT2D eigenvalue weighted by molar-refractivity contribution is 5.75. The fourth-order valence-corrected chi connectivity index (χ4v) is 1.22. The summed E-state index contributed by atoms with van der Waals surface area (Å²) in [4.78, 5) is 13.0. The summed E-state index contributed by atoms with van der Waals surface area (Å²) in [6, 6.07) is 0. The summed E-state index contributed by atoms with van der Waals surface area (Å²) in [6.07, 6.45) is 5.14. The van der Waals surface area contributed by atoms with Gasteiger partial charge in [-0.3, -0.25) is 4.79 Å². The van der Waals surface area contributed by atoms with Gasteiger partial charge in [0.15, 0.2) is 0 Å². The standard InChI is InChI=1S/C8H14NO/c1-2-8(10)9-6-4-3-5-7-9/h4H,2-3,5-7H2,1H3. The van der Waals surface area contributed by atoms with E-state index in [1.54, 1.807) is 0 Å². The smallest absolute Gasteiger partial charge is 0.222 e. The van der Waals surface area contributed by atoms with Crippen molar-refractivity contribution in [3.63, 3.8) is 0 Å². The molecule has 0 spiro atoms. The van der Waals surface area contributed by atoms with E-state index in [4.69, 9.17) is 0 Å². The zero-order valence-electron chi connectivity index (χ0n) is 6.47. The number of piperidine rings is 1. The lowest BCUT2D eigenvalue weighted by Gasteiger charge is -2.25. The van der Waals surface area contributed by atoms with Gasteiger partial charge in [0.2, 0.25) is 5.91 Å². The SMILES string of the molecule is CCC(=O)N1C[CH]CCC1. The van der Waals surface area contributed by atoms with Crippen molar-refractivity contribution in [1.82, 2.24) is 4.90 Å². The van der Waals surface area contributed by atoms with Crippen molar-refractivity contribution in [3.05, 3.63) is 6.42 Å². The minimum atomic E-state index is 0.288. The second-order valence-corrected chi connectivity index (χ2v) is 2.62. The number of carbonyl (C=O) groups excluding carboxylic acids is 1. The summed E-state index contributed by atoms with van der Waals surface area (Å²) in [5, 5.41) is 0. The third-order valence-corrected chi connectivity index (χ3v) is 1.84. The van der Waals surface area contributed by atoms with Gasteiger partial charge in [0.05, 0.1) is 0 Å². The Balaban J connectivity index is 2.31. The summed E-state index contributed by atoms with van der Waals surface area (Å²) in [6.45, 7) is 3.74. The number of carbonyl (C=O) groups is 1. The maximum atomic E-state index is 11.1. The van der Waals surface area contributed by atoms with Gasteiger partial charge in [0.25, 0.3) is 0 Å². The highest BCUT2D eigenvalue weighted by Gasteiger charge is 2.13. The van der Waals surface area contributed by atoms with Crippen LogP contribution in [0.1, 0.15) is 26.2 Å². The predicted molar refractivity (Wildman–Crippen MR) is 40.4 cm³/mol. The van der Waals surface area contributed by atoms with Crippen LogP contribution in [0, 0.1) is 6.42 Å². The Kier molecular flexibility index (Phi) is 2.72. The number of likely N-dealkylation sites (tertiary alicyclic amines) is 1. The number of rotatable bonds is 1. The highest BCUT2D eigenvalue weighted by Crippen LogP contribution is 2.08. The van der Waals surface area contributed by atoms with Gasteiger partial charge in [-0.1, -0.05) is 6.92 Å². The third-order valence-electron chi connectivity index (χ3n) is 1.84. The van der Waals surface area contributed by atoms with E-state index in [1.165, 1.54) is 6.42 Å². The molecular weight excluding hydrogens is 126 g/mol. The van der Waals surface area contributed by atoms with Crippen LogP contribution in [0.2, 0.25) is 0 Å². The first-order valence-corrected chi connectivity index (χ1v) is 3.94. The lowest BCUT2D eigenvalue weighted by Crippen LogP contribution is -2.35. The Morgan fingerprint density at radius 1 is 1.70 bits per heavy atom. The Hall–Kier alpha value is -0.530. The number of amides is 1. The van der Waals surface area contributed by atoms with Gasteiger partial charge in [0, 0.05) is 19.5 Å². The minimum absolute atomic E-state index is 0.288. The van der Waals surface area contributed by atoms with Crippen molar-refractivity contribution in [2.45, 2.75) is 26.2 Å². The van der Waals surface area contributed by atoms with Crippen LogP contribution in [-0.4, -0.2) is 23.9 Å². The second-order valence-electron chi connectivity index (χ2n) is 2.62. The lowest BCUT2D eigenvalue weighted by molar-refractivity contribution is -0.131. The zero-order chi connectivity index (χ0) is 7.40. The van der Waals surface area contributed by atoms with Crippen LogP contribution >= 0.6 is 0 Å². The molecule has 1 radical (unpaired) electrons. The van der Waals surface area contributed by atoms with E-state index < -0.39 is 0 Å². The molecule has 0 aromatic carbocycles. The summed E-state index contributed by atoms with van der Waals surface area (Å²) < 4.78 is 0. The van der Waals surface area contributed by atoms with Crippen LogP contribution in [0.5, 0.6) is 0 Å². The van der Waals surface area contributed by atoms with E-state index in [9.17, 15) is 4.79 Å². The van der Waals surface area contributed by atoms with Gasteiger partial charge in [-0.05, 0) is 19.3 Å². The van der Waals surface area contributed by atoms with Crippen LogP contribution in [-0.2, 0) is 4.79 Å². The van der Waals surface area contributed by atoms with Gasteiger partial charge < -0.3 is 4.90 Å². The molecule has 1 aliphatic rings. The predicted octanol–water partition coefficient (Wildman–Crippen LogP) is 1.22. The Morgan fingerprint density at radius 3 is 3.00 bits per heavy atom. The molecule has 2 nitrogen and oxygen atoms in total. The molecule has 1 amide bonds. The molecule has 57 valence electrons. The number of hydrogen-bond acceptors (Lipinski definition) is 1. The van der Waals surface area contributed by atoms with Crippen molar-refractivity contribution in [1.29, 1.82) is 0 Å².